The molecule has 5 nitrogen and oxygen atoms in total. The Bertz CT molecular complexity index is 157. The number of hydrogen-bond acceptors (Lipinski definition) is 4. The van der Waals surface area contributed by atoms with Crippen LogP contribution in [0.3, 0.4) is 0 Å². The van der Waals surface area contributed by atoms with Gasteiger partial charge in [0.2, 0.25) is 5.91 Å². The SMILES string of the molecule is COCC(CCO)NC(=O)C(C)OC. The molecule has 1 amide bonds. The summed E-state index contributed by atoms with van der Waals surface area (Å²) in [5, 5.41) is 11.5. The highest BCUT2D eigenvalue weighted by Gasteiger charge is 2.16. The first-order chi connectivity index (χ1) is 6.65. The van der Waals surface area contributed by atoms with Gasteiger partial charge in [-0.05, 0) is 13.3 Å². The molecule has 0 aromatic carbocycles. The number of rotatable bonds is 7. The number of hydrogen-bond donors (Lipinski definition) is 2. The molecule has 0 aliphatic carbocycles. The van der Waals surface area contributed by atoms with Gasteiger partial charge in [0.1, 0.15) is 6.10 Å². The van der Waals surface area contributed by atoms with E-state index in [1.165, 1.54) is 7.11 Å². The summed E-state index contributed by atoms with van der Waals surface area (Å²) in [6.45, 7) is 2.08. The van der Waals surface area contributed by atoms with Gasteiger partial charge in [0.25, 0.3) is 0 Å². The molecule has 0 fully saturated rings. The van der Waals surface area contributed by atoms with Crippen molar-refractivity contribution in [2.75, 3.05) is 27.4 Å². The second-order valence-electron chi connectivity index (χ2n) is 3.05. The van der Waals surface area contributed by atoms with E-state index in [-0.39, 0.29) is 18.6 Å². The molecule has 14 heavy (non-hydrogen) atoms. The van der Waals surface area contributed by atoms with Gasteiger partial charge in [-0.15, -0.1) is 0 Å². The molecule has 0 radical (unpaired) electrons. The highest BCUT2D eigenvalue weighted by Crippen LogP contribution is 1.95. The smallest absolute Gasteiger partial charge is 0.249 e. The molecule has 5 heteroatoms. The number of aliphatic hydroxyl groups excluding tert-OH is 1. The zero-order chi connectivity index (χ0) is 11.0. The van der Waals surface area contributed by atoms with Gasteiger partial charge in [-0.25, -0.2) is 0 Å². The molecule has 0 saturated heterocycles. The first kappa shape index (κ1) is 13.4. The minimum atomic E-state index is -0.479. The van der Waals surface area contributed by atoms with Crippen LogP contribution in [0.25, 0.3) is 0 Å². The number of amides is 1. The fourth-order valence-electron chi connectivity index (χ4n) is 0.980. The first-order valence-corrected chi connectivity index (χ1v) is 4.58. The molecule has 0 spiro atoms. The van der Waals surface area contributed by atoms with E-state index in [0.29, 0.717) is 13.0 Å². The van der Waals surface area contributed by atoms with Gasteiger partial charge in [-0.3, -0.25) is 4.79 Å². The Morgan fingerprint density at radius 2 is 2.14 bits per heavy atom. The van der Waals surface area contributed by atoms with Gasteiger partial charge < -0.3 is 19.9 Å². The summed E-state index contributed by atoms with van der Waals surface area (Å²) in [6.07, 6.45) is 0.00350. The number of carbonyl (C=O) groups excluding carboxylic acids is 1. The van der Waals surface area contributed by atoms with Crippen LogP contribution in [-0.4, -0.2) is 50.6 Å². The van der Waals surface area contributed by atoms with E-state index in [1.54, 1.807) is 14.0 Å². The molecule has 0 aliphatic heterocycles. The predicted molar refractivity (Wildman–Crippen MR) is 52.0 cm³/mol. The molecular formula is C9H19NO4. The van der Waals surface area contributed by atoms with Crippen molar-refractivity contribution in [1.29, 1.82) is 0 Å². The van der Waals surface area contributed by atoms with E-state index >= 15 is 0 Å². The average molecular weight is 205 g/mol. The molecule has 0 bridgehead atoms. The number of nitrogens with one attached hydrogen (secondary N) is 1. The number of aliphatic hydroxyl groups is 1. The van der Waals surface area contributed by atoms with E-state index in [1.807, 2.05) is 0 Å². The molecule has 0 aliphatic rings. The van der Waals surface area contributed by atoms with E-state index in [4.69, 9.17) is 14.6 Å². The predicted octanol–water partition coefficient (Wildman–Crippen LogP) is -0.465. The lowest BCUT2D eigenvalue weighted by molar-refractivity contribution is -0.131. The van der Waals surface area contributed by atoms with Crippen molar-refractivity contribution >= 4 is 5.91 Å². The van der Waals surface area contributed by atoms with Crippen molar-refractivity contribution in [3.8, 4) is 0 Å². The maximum Gasteiger partial charge on any atom is 0.249 e. The van der Waals surface area contributed by atoms with E-state index in [2.05, 4.69) is 5.32 Å². The number of ether oxygens (including phenoxy) is 2. The number of carbonyl (C=O) groups is 1. The Hall–Kier alpha value is -0.650. The average Bonchev–Trinajstić information content (AvgIpc) is 2.17. The summed E-state index contributed by atoms with van der Waals surface area (Å²) in [4.78, 5) is 11.4. The van der Waals surface area contributed by atoms with Gasteiger partial charge in [0.15, 0.2) is 0 Å². The third-order valence-electron chi connectivity index (χ3n) is 1.91. The fraction of sp³-hybridized carbons (Fsp3) is 0.889. The van der Waals surface area contributed by atoms with E-state index < -0.39 is 6.10 Å². The molecule has 0 rings (SSSR count). The van der Waals surface area contributed by atoms with Crippen LogP contribution in [0.15, 0.2) is 0 Å². The van der Waals surface area contributed by atoms with Crippen molar-refractivity contribution in [1.82, 2.24) is 5.32 Å². The molecule has 0 aromatic heterocycles. The number of methoxy groups -OCH3 is 2. The molecule has 2 unspecified atom stereocenters. The van der Waals surface area contributed by atoms with Gasteiger partial charge in [-0.1, -0.05) is 0 Å². The molecule has 2 atom stereocenters. The largest absolute Gasteiger partial charge is 0.396 e. The lowest BCUT2D eigenvalue weighted by Gasteiger charge is -2.18. The van der Waals surface area contributed by atoms with Crippen LogP contribution < -0.4 is 5.32 Å². The third-order valence-corrected chi connectivity index (χ3v) is 1.91. The standard InChI is InChI=1S/C9H19NO4/c1-7(14-3)9(12)10-8(4-5-11)6-13-2/h7-8,11H,4-6H2,1-3H3,(H,10,12). The van der Waals surface area contributed by atoms with Gasteiger partial charge >= 0.3 is 0 Å². The van der Waals surface area contributed by atoms with Crippen molar-refractivity contribution in [3.63, 3.8) is 0 Å². The summed E-state index contributed by atoms with van der Waals surface area (Å²) in [7, 11) is 3.03. The van der Waals surface area contributed by atoms with Gasteiger partial charge in [-0.2, -0.15) is 0 Å². The summed E-state index contributed by atoms with van der Waals surface area (Å²) in [5.74, 6) is -0.192. The Labute approximate surface area is 84.4 Å². The summed E-state index contributed by atoms with van der Waals surface area (Å²) >= 11 is 0. The highest BCUT2D eigenvalue weighted by atomic mass is 16.5. The lowest BCUT2D eigenvalue weighted by Crippen LogP contribution is -2.43. The summed E-state index contributed by atoms with van der Waals surface area (Å²) < 4.78 is 9.76. The Morgan fingerprint density at radius 3 is 2.57 bits per heavy atom. The van der Waals surface area contributed by atoms with Crippen LogP contribution in [0.5, 0.6) is 0 Å². The second-order valence-corrected chi connectivity index (χ2v) is 3.05. The van der Waals surface area contributed by atoms with Crippen LogP contribution in [0.2, 0.25) is 0 Å². The molecule has 0 aromatic rings. The van der Waals surface area contributed by atoms with Crippen molar-refractivity contribution in [2.24, 2.45) is 0 Å². The summed E-state index contributed by atoms with van der Waals surface area (Å²) in [6, 6.07) is -0.157. The quantitative estimate of drug-likeness (QED) is 0.590. The fourth-order valence-corrected chi connectivity index (χ4v) is 0.980. The molecule has 2 N–H and O–H groups in total. The maximum absolute atomic E-state index is 11.4. The molecule has 0 heterocycles. The Balaban J connectivity index is 3.94. The molecule has 0 saturated carbocycles. The van der Waals surface area contributed by atoms with Crippen LogP contribution in [0, 0.1) is 0 Å². The Morgan fingerprint density at radius 1 is 1.50 bits per heavy atom. The minimum Gasteiger partial charge on any atom is -0.396 e. The van der Waals surface area contributed by atoms with Crippen molar-refractivity contribution < 1.29 is 19.4 Å². The van der Waals surface area contributed by atoms with Crippen LogP contribution in [0.4, 0.5) is 0 Å². The monoisotopic (exact) mass is 205 g/mol. The second kappa shape index (κ2) is 7.73. The lowest BCUT2D eigenvalue weighted by atomic mass is 10.2. The van der Waals surface area contributed by atoms with Crippen LogP contribution >= 0.6 is 0 Å². The first-order valence-electron chi connectivity index (χ1n) is 4.58. The minimum absolute atomic E-state index is 0.0235. The van der Waals surface area contributed by atoms with Crippen LogP contribution in [-0.2, 0) is 14.3 Å². The summed E-state index contributed by atoms with van der Waals surface area (Å²) in [5.41, 5.74) is 0. The zero-order valence-corrected chi connectivity index (χ0v) is 8.95. The molecular weight excluding hydrogens is 186 g/mol. The highest BCUT2D eigenvalue weighted by molar-refractivity contribution is 5.80. The van der Waals surface area contributed by atoms with Gasteiger partial charge in [0, 0.05) is 20.8 Å². The van der Waals surface area contributed by atoms with Crippen molar-refractivity contribution in [2.45, 2.75) is 25.5 Å². The zero-order valence-electron chi connectivity index (χ0n) is 8.95. The van der Waals surface area contributed by atoms with Crippen molar-refractivity contribution in [3.05, 3.63) is 0 Å². The van der Waals surface area contributed by atoms with Gasteiger partial charge in [0.05, 0.1) is 12.6 Å². The normalized spacial score (nSPS) is 14.9. The topological polar surface area (TPSA) is 67.8 Å². The van der Waals surface area contributed by atoms with E-state index in [0.717, 1.165) is 0 Å². The maximum atomic E-state index is 11.4. The Kier molecular flexibility index (Phi) is 7.37. The third kappa shape index (κ3) is 5.16. The van der Waals surface area contributed by atoms with Crippen LogP contribution in [0.1, 0.15) is 13.3 Å². The van der Waals surface area contributed by atoms with E-state index in [9.17, 15) is 4.79 Å². The molecule has 84 valence electrons.